The molecule has 1 aliphatic rings. The first-order valence-electron chi connectivity index (χ1n) is 4.26. The van der Waals surface area contributed by atoms with E-state index in [2.05, 4.69) is 19.9 Å². The molecule has 0 saturated carbocycles. The van der Waals surface area contributed by atoms with Crippen molar-refractivity contribution in [2.45, 2.75) is 26.7 Å². The van der Waals surface area contributed by atoms with Crippen LogP contribution < -0.4 is 0 Å². The number of nitriles is 1. The number of hydrogen-bond donors (Lipinski definition) is 0. The molecule has 2 heteroatoms. The lowest BCUT2D eigenvalue weighted by Gasteiger charge is -2.43. The molecule has 0 bridgehead atoms. The third-order valence-electron chi connectivity index (χ3n) is 2.79. The van der Waals surface area contributed by atoms with Gasteiger partial charge in [0, 0.05) is 5.41 Å². The second-order valence-electron chi connectivity index (χ2n) is 3.30. The van der Waals surface area contributed by atoms with Crippen molar-refractivity contribution in [3.63, 3.8) is 0 Å². The standard InChI is InChI=1S/C9H15NO/c1-3-8(5-10)9(4-2)6-11-7-9/h8H,3-4,6-7H2,1-2H3. The monoisotopic (exact) mass is 153 g/mol. The Bertz CT molecular complexity index is 161. The summed E-state index contributed by atoms with van der Waals surface area (Å²) in [6.45, 7) is 5.79. The molecule has 0 amide bonds. The van der Waals surface area contributed by atoms with Crippen LogP contribution in [-0.2, 0) is 4.74 Å². The zero-order valence-corrected chi connectivity index (χ0v) is 7.26. The van der Waals surface area contributed by atoms with Gasteiger partial charge in [-0.05, 0) is 12.8 Å². The molecule has 0 aromatic carbocycles. The van der Waals surface area contributed by atoms with E-state index in [1.54, 1.807) is 0 Å². The molecule has 1 unspecified atom stereocenters. The van der Waals surface area contributed by atoms with Crippen LogP contribution in [0.1, 0.15) is 26.7 Å². The first-order valence-corrected chi connectivity index (χ1v) is 4.26. The SMILES string of the molecule is CCC(C#N)C1(CC)COC1. The number of nitrogens with zero attached hydrogens (tertiary/aromatic N) is 1. The molecule has 1 fully saturated rings. The summed E-state index contributed by atoms with van der Waals surface area (Å²) in [6.07, 6.45) is 2.02. The molecule has 11 heavy (non-hydrogen) atoms. The van der Waals surface area contributed by atoms with Crippen LogP contribution in [0.3, 0.4) is 0 Å². The van der Waals surface area contributed by atoms with Crippen molar-refractivity contribution in [1.29, 1.82) is 5.26 Å². The zero-order valence-electron chi connectivity index (χ0n) is 7.26. The van der Waals surface area contributed by atoms with E-state index in [9.17, 15) is 0 Å². The van der Waals surface area contributed by atoms with Gasteiger partial charge in [0.1, 0.15) is 0 Å². The number of rotatable bonds is 3. The highest BCUT2D eigenvalue weighted by molar-refractivity contribution is 5.00. The van der Waals surface area contributed by atoms with Crippen LogP contribution in [0.5, 0.6) is 0 Å². The summed E-state index contributed by atoms with van der Waals surface area (Å²) in [6, 6.07) is 2.37. The van der Waals surface area contributed by atoms with E-state index >= 15 is 0 Å². The largest absolute Gasteiger partial charge is 0.380 e. The lowest BCUT2D eigenvalue weighted by molar-refractivity contribution is -0.137. The van der Waals surface area contributed by atoms with Crippen LogP contribution in [-0.4, -0.2) is 13.2 Å². The van der Waals surface area contributed by atoms with E-state index < -0.39 is 0 Å². The average molecular weight is 153 g/mol. The molecule has 0 N–H and O–H groups in total. The third kappa shape index (κ3) is 1.25. The van der Waals surface area contributed by atoms with Gasteiger partial charge in [-0.1, -0.05) is 13.8 Å². The average Bonchev–Trinajstić information content (AvgIpc) is 1.96. The fraction of sp³-hybridized carbons (Fsp3) is 0.889. The molecule has 1 atom stereocenters. The van der Waals surface area contributed by atoms with Gasteiger partial charge < -0.3 is 4.74 Å². The Morgan fingerprint density at radius 1 is 1.55 bits per heavy atom. The van der Waals surface area contributed by atoms with Gasteiger partial charge in [-0.3, -0.25) is 0 Å². The van der Waals surface area contributed by atoms with Crippen LogP contribution in [0.25, 0.3) is 0 Å². The molecule has 1 rings (SSSR count). The Morgan fingerprint density at radius 2 is 2.18 bits per heavy atom. The smallest absolute Gasteiger partial charge is 0.0663 e. The number of hydrogen-bond acceptors (Lipinski definition) is 2. The minimum Gasteiger partial charge on any atom is -0.380 e. The molecular weight excluding hydrogens is 138 g/mol. The molecule has 62 valence electrons. The third-order valence-corrected chi connectivity index (χ3v) is 2.79. The maximum absolute atomic E-state index is 8.85. The van der Waals surface area contributed by atoms with Crippen molar-refractivity contribution >= 4 is 0 Å². The van der Waals surface area contributed by atoms with Crippen LogP contribution >= 0.6 is 0 Å². The first kappa shape index (κ1) is 8.55. The van der Waals surface area contributed by atoms with Gasteiger partial charge in [-0.25, -0.2) is 0 Å². The molecule has 0 aromatic heterocycles. The predicted molar refractivity (Wildman–Crippen MR) is 42.9 cm³/mol. The summed E-state index contributed by atoms with van der Waals surface area (Å²) in [4.78, 5) is 0. The molecular formula is C9H15NO. The number of ether oxygens (including phenoxy) is 1. The summed E-state index contributed by atoms with van der Waals surface area (Å²) in [7, 11) is 0. The maximum atomic E-state index is 8.85. The Balaban J connectivity index is 2.61. The van der Waals surface area contributed by atoms with Gasteiger partial charge in [0.25, 0.3) is 0 Å². The molecule has 0 aliphatic carbocycles. The van der Waals surface area contributed by atoms with E-state index in [-0.39, 0.29) is 11.3 Å². The highest BCUT2D eigenvalue weighted by Crippen LogP contribution is 2.40. The van der Waals surface area contributed by atoms with E-state index in [0.717, 1.165) is 26.1 Å². The highest BCUT2D eigenvalue weighted by Gasteiger charge is 2.43. The molecule has 1 heterocycles. The summed E-state index contributed by atoms with van der Waals surface area (Å²) in [5, 5.41) is 8.85. The van der Waals surface area contributed by atoms with E-state index in [1.165, 1.54) is 0 Å². The topological polar surface area (TPSA) is 33.0 Å². The van der Waals surface area contributed by atoms with Crippen LogP contribution in [0.2, 0.25) is 0 Å². The lowest BCUT2D eigenvalue weighted by Crippen LogP contribution is -2.47. The minimum atomic E-state index is 0.196. The highest BCUT2D eigenvalue weighted by atomic mass is 16.5. The first-order chi connectivity index (χ1) is 5.29. The summed E-state index contributed by atoms with van der Waals surface area (Å²) in [5.74, 6) is 0.196. The van der Waals surface area contributed by atoms with Crippen LogP contribution in [0.4, 0.5) is 0 Å². The fourth-order valence-corrected chi connectivity index (χ4v) is 1.68. The van der Waals surface area contributed by atoms with E-state index in [4.69, 9.17) is 10.00 Å². The van der Waals surface area contributed by atoms with Gasteiger partial charge in [-0.2, -0.15) is 5.26 Å². The second kappa shape index (κ2) is 3.23. The molecule has 1 saturated heterocycles. The normalized spacial score (nSPS) is 23.4. The molecule has 2 nitrogen and oxygen atoms in total. The molecule has 0 aromatic rings. The summed E-state index contributed by atoms with van der Waals surface area (Å²) < 4.78 is 5.16. The summed E-state index contributed by atoms with van der Waals surface area (Å²) >= 11 is 0. The van der Waals surface area contributed by atoms with Crippen molar-refractivity contribution in [3.05, 3.63) is 0 Å². The fourth-order valence-electron chi connectivity index (χ4n) is 1.68. The molecule has 0 spiro atoms. The maximum Gasteiger partial charge on any atom is 0.0663 e. The van der Waals surface area contributed by atoms with Crippen molar-refractivity contribution < 1.29 is 4.74 Å². The van der Waals surface area contributed by atoms with Gasteiger partial charge in [0.15, 0.2) is 0 Å². The minimum absolute atomic E-state index is 0.196. The van der Waals surface area contributed by atoms with E-state index in [1.807, 2.05) is 0 Å². The van der Waals surface area contributed by atoms with Crippen LogP contribution in [0.15, 0.2) is 0 Å². The summed E-state index contributed by atoms with van der Waals surface area (Å²) in [5.41, 5.74) is 0.198. The van der Waals surface area contributed by atoms with Crippen LogP contribution in [0, 0.1) is 22.7 Å². The zero-order chi connectivity index (χ0) is 8.32. The Labute approximate surface area is 68.2 Å². The van der Waals surface area contributed by atoms with Crippen molar-refractivity contribution in [1.82, 2.24) is 0 Å². The van der Waals surface area contributed by atoms with Gasteiger partial charge >= 0.3 is 0 Å². The van der Waals surface area contributed by atoms with Crippen molar-refractivity contribution in [2.24, 2.45) is 11.3 Å². The Kier molecular flexibility index (Phi) is 2.51. The van der Waals surface area contributed by atoms with Gasteiger partial charge in [-0.15, -0.1) is 0 Å². The molecule has 1 aliphatic heterocycles. The predicted octanol–water partition coefficient (Wildman–Crippen LogP) is 1.96. The Morgan fingerprint density at radius 3 is 2.27 bits per heavy atom. The van der Waals surface area contributed by atoms with Crippen molar-refractivity contribution in [3.8, 4) is 6.07 Å². The molecule has 0 radical (unpaired) electrons. The van der Waals surface area contributed by atoms with E-state index in [0.29, 0.717) is 0 Å². The van der Waals surface area contributed by atoms with Gasteiger partial charge in [0.2, 0.25) is 0 Å². The Hall–Kier alpha value is -0.550. The quantitative estimate of drug-likeness (QED) is 0.621. The second-order valence-corrected chi connectivity index (χ2v) is 3.30. The van der Waals surface area contributed by atoms with Gasteiger partial charge in [0.05, 0.1) is 25.2 Å². The lowest BCUT2D eigenvalue weighted by atomic mass is 9.71. The van der Waals surface area contributed by atoms with Crippen molar-refractivity contribution in [2.75, 3.05) is 13.2 Å².